The van der Waals surface area contributed by atoms with Crippen molar-refractivity contribution < 1.29 is 8.60 Å². The van der Waals surface area contributed by atoms with E-state index in [2.05, 4.69) is 41.2 Å². The highest BCUT2D eigenvalue weighted by atomic mass is 32.2. The van der Waals surface area contributed by atoms with Crippen LogP contribution in [0.4, 0.5) is 4.39 Å². The van der Waals surface area contributed by atoms with Gasteiger partial charge in [-0.3, -0.25) is 4.98 Å². The van der Waals surface area contributed by atoms with Gasteiger partial charge in [-0.2, -0.15) is 5.26 Å². The highest BCUT2D eigenvalue weighted by Gasteiger charge is 2.28. The summed E-state index contributed by atoms with van der Waals surface area (Å²) >= 11 is 0. The van der Waals surface area contributed by atoms with Crippen molar-refractivity contribution in [3.8, 4) is 17.3 Å². The molecule has 0 bridgehead atoms. The normalized spacial score (nSPS) is 15.3. The quantitative estimate of drug-likeness (QED) is 0.625. The van der Waals surface area contributed by atoms with Gasteiger partial charge in [0.1, 0.15) is 11.9 Å². The van der Waals surface area contributed by atoms with Gasteiger partial charge in [0.15, 0.2) is 0 Å². The van der Waals surface area contributed by atoms with Crippen LogP contribution in [0.3, 0.4) is 0 Å². The Morgan fingerprint density at radius 1 is 1.33 bits per heavy atom. The lowest BCUT2D eigenvalue weighted by molar-refractivity contribution is 0.349. The molecule has 156 valence electrons. The van der Waals surface area contributed by atoms with E-state index in [0.29, 0.717) is 12.2 Å². The van der Waals surface area contributed by atoms with Crippen molar-refractivity contribution in [1.82, 2.24) is 14.3 Å². The molecule has 1 aliphatic carbocycles. The van der Waals surface area contributed by atoms with Crippen LogP contribution >= 0.6 is 0 Å². The Balaban J connectivity index is 1.76. The van der Waals surface area contributed by atoms with Crippen LogP contribution in [0, 0.1) is 22.6 Å². The number of pyridine rings is 1. The topological polar surface area (TPSA) is 70.7 Å². The summed E-state index contributed by atoms with van der Waals surface area (Å²) < 4.78 is 31.1. The average molecular weight is 425 g/mol. The first-order valence-electron chi connectivity index (χ1n) is 10.1. The van der Waals surface area contributed by atoms with Crippen LogP contribution < -0.4 is 4.72 Å². The first-order valence-corrected chi connectivity index (χ1v) is 11.3. The van der Waals surface area contributed by atoms with Crippen LogP contribution in [0.1, 0.15) is 44.7 Å². The standard InChI is InChI=1S/C23H25FN4OS/c1-23(2,3)14-28-13-17(11-27-30(29)19-5-6-19)20-7-4-15(9-21(20)28)22-16(10-25)8-18(24)12-26-22/h4,7-9,12-13,19,27H,5-6,11,14H2,1-3H3. The van der Waals surface area contributed by atoms with Crippen molar-refractivity contribution >= 4 is 21.9 Å². The van der Waals surface area contributed by atoms with Gasteiger partial charge < -0.3 is 4.57 Å². The Bertz CT molecular complexity index is 1170. The number of benzene rings is 1. The van der Waals surface area contributed by atoms with Crippen LogP contribution in [0.2, 0.25) is 0 Å². The number of nitriles is 1. The Morgan fingerprint density at radius 3 is 2.77 bits per heavy atom. The lowest BCUT2D eigenvalue weighted by Gasteiger charge is -2.20. The summed E-state index contributed by atoms with van der Waals surface area (Å²) in [7, 11) is -0.995. The second-order valence-electron chi connectivity index (χ2n) is 9.05. The van der Waals surface area contributed by atoms with Crippen LogP contribution in [0.25, 0.3) is 22.2 Å². The van der Waals surface area contributed by atoms with Crippen molar-refractivity contribution in [2.75, 3.05) is 0 Å². The number of hydrogen-bond donors (Lipinski definition) is 1. The molecular weight excluding hydrogens is 399 g/mol. The Labute approximate surface area is 178 Å². The number of rotatable bonds is 6. The third-order valence-corrected chi connectivity index (χ3v) is 6.60. The molecule has 30 heavy (non-hydrogen) atoms. The van der Waals surface area contributed by atoms with Gasteiger partial charge in [0.25, 0.3) is 0 Å². The summed E-state index contributed by atoms with van der Waals surface area (Å²) in [5, 5.41) is 10.8. The second kappa shape index (κ2) is 7.93. The predicted octanol–water partition coefficient (Wildman–Crippen LogP) is 4.68. The van der Waals surface area contributed by atoms with Gasteiger partial charge >= 0.3 is 0 Å². The number of nitrogens with one attached hydrogen (secondary N) is 1. The summed E-state index contributed by atoms with van der Waals surface area (Å²) in [6, 6.07) is 9.17. The van der Waals surface area contributed by atoms with E-state index in [-0.39, 0.29) is 16.2 Å². The van der Waals surface area contributed by atoms with Crippen molar-refractivity contribution in [1.29, 1.82) is 5.26 Å². The van der Waals surface area contributed by atoms with Crippen molar-refractivity contribution in [3.63, 3.8) is 0 Å². The number of hydrogen-bond acceptors (Lipinski definition) is 3. The molecule has 1 saturated carbocycles. The molecule has 5 nitrogen and oxygen atoms in total. The highest BCUT2D eigenvalue weighted by molar-refractivity contribution is 7.83. The lowest BCUT2D eigenvalue weighted by atomic mass is 9.97. The van der Waals surface area contributed by atoms with E-state index in [1.165, 1.54) is 6.07 Å². The fourth-order valence-electron chi connectivity index (χ4n) is 3.60. The van der Waals surface area contributed by atoms with Gasteiger partial charge in [0, 0.05) is 41.0 Å². The van der Waals surface area contributed by atoms with E-state index in [4.69, 9.17) is 0 Å². The molecule has 0 saturated heterocycles. The first kappa shape index (κ1) is 20.7. The third kappa shape index (κ3) is 4.45. The first-order chi connectivity index (χ1) is 14.2. The average Bonchev–Trinajstić information content (AvgIpc) is 3.49. The number of fused-ring (bicyclic) bond motifs is 1. The molecule has 1 fully saturated rings. The molecule has 3 aromatic rings. The van der Waals surface area contributed by atoms with Crippen molar-refractivity contribution in [2.45, 2.75) is 52.0 Å². The number of halogens is 1. The molecule has 0 spiro atoms. The van der Waals surface area contributed by atoms with Crippen molar-refractivity contribution in [3.05, 3.63) is 53.6 Å². The van der Waals surface area contributed by atoms with E-state index in [1.54, 1.807) is 0 Å². The van der Waals surface area contributed by atoms with Gasteiger partial charge in [-0.15, -0.1) is 0 Å². The van der Waals surface area contributed by atoms with Crippen molar-refractivity contribution in [2.24, 2.45) is 5.41 Å². The Kier molecular flexibility index (Phi) is 5.48. The molecule has 1 atom stereocenters. The smallest absolute Gasteiger partial charge is 0.142 e. The minimum atomic E-state index is -0.995. The zero-order chi connectivity index (χ0) is 21.5. The molecule has 1 N–H and O–H groups in total. The molecule has 2 heterocycles. The molecule has 1 unspecified atom stereocenters. The molecule has 7 heteroatoms. The zero-order valence-corrected chi connectivity index (χ0v) is 18.2. The molecule has 0 aliphatic heterocycles. The maximum Gasteiger partial charge on any atom is 0.142 e. The lowest BCUT2D eigenvalue weighted by Crippen LogP contribution is -2.19. The zero-order valence-electron chi connectivity index (χ0n) is 17.4. The summed E-state index contributed by atoms with van der Waals surface area (Å²) in [4.78, 5) is 4.16. The van der Waals surface area contributed by atoms with Gasteiger partial charge in [0.05, 0.1) is 28.4 Å². The van der Waals surface area contributed by atoms with E-state index >= 15 is 0 Å². The Hall–Kier alpha value is -2.56. The van der Waals surface area contributed by atoms with Gasteiger partial charge in [0.2, 0.25) is 0 Å². The monoisotopic (exact) mass is 424 g/mol. The molecule has 0 radical (unpaired) electrons. The molecule has 2 aromatic heterocycles. The van der Waals surface area contributed by atoms with Gasteiger partial charge in [-0.25, -0.2) is 13.3 Å². The molecule has 1 aliphatic rings. The van der Waals surface area contributed by atoms with Gasteiger partial charge in [-0.1, -0.05) is 32.9 Å². The van der Waals surface area contributed by atoms with E-state index in [1.807, 2.05) is 24.3 Å². The third-order valence-electron chi connectivity index (χ3n) is 5.09. The molecule has 0 amide bonds. The van der Waals surface area contributed by atoms with Crippen LogP contribution in [-0.4, -0.2) is 19.0 Å². The van der Waals surface area contributed by atoms with E-state index in [9.17, 15) is 13.9 Å². The van der Waals surface area contributed by atoms with Crippen LogP contribution in [0.15, 0.2) is 36.7 Å². The minimum Gasteiger partial charge on any atom is -0.347 e. The molecular formula is C23H25FN4OS. The maximum absolute atomic E-state index is 13.5. The number of nitrogens with zero attached hydrogens (tertiary/aromatic N) is 3. The van der Waals surface area contributed by atoms with Crippen LogP contribution in [0.5, 0.6) is 0 Å². The maximum atomic E-state index is 13.5. The second-order valence-corrected chi connectivity index (χ2v) is 10.6. The molecule has 1 aromatic carbocycles. The van der Waals surface area contributed by atoms with Crippen LogP contribution in [-0.2, 0) is 24.1 Å². The SMILES string of the molecule is CC(C)(C)Cn1cc(CNS(=O)C2CC2)c2ccc(-c3ncc(F)cc3C#N)cc21. The highest BCUT2D eigenvalue weighted by Crippen LogP contribution is 2.31. The molecule has 4 rings (SSSR count). The number of aromatic nitrogens is 2. The summed E-state index contributed by atoms with van der Waals surface area (Å²) in [6.45, 7) is 7.88. The fourth-order valence-corrected chi connectivity index (χ4v) is 4.70. The van der Waals surface area contributed by atoms with Gasteiger partial charge in [-0.05, 0) is 36.0 Å². The van der Waals surface area contributed by atoms with E-state index < -0.39 is 16.8 Å². The summed E-state index contributed by atoms with van der Waals surface area (Å²) in [5.41, 5.74) is 3.63. The summed E-state index contributed by atoms with van der Waals surface area (Å²) in [5.74, 6) is -0.524. The predicted molar refractivity (Wildman–Crippen MR) is 117 cm³/mol. The Morgan fingerprint density at radius 2 is 2.10 bits per heavy atom. The summed E-state index contributed by atoms with van der Waals surface area (Å²) in [6.07, 6.45) is 5.30. The fraction of sp³-hybridized carbons (Fsp3) is 0.391. The van der Waals surface area contributed by atoms with E-state index in [0.717, 1.165) is 47.6 Å². The minimum absolute atomic E-state index is 0.0649. The largest absolute Gasteiger partial charge is 0.347 e.